The zero-order valence-electron chi connectivity index (χ0n) is 12.6. The summed E-state index contributed by atoms with van der Waals surface area (Å²) in [5, 5.41) is 3.13. The number of benzene rings is 1. The summed E-state index contributed by atoms with van der Waals surface area (Å²) < 4.78 is 1.11. The molecule has 1 aliphatic rings. The number of rotatable bonds is 6. The predicted molar refractivity (Wildman–Crippen MR) is 92.8 cm³/mol. The first-order valence-electron chi connectivity index (χ1n) is 7.21. The van der Waals surface area contributed by atoms with Crippen LogP contribution >= 0.6 is 28.3 Å². The van der Waals surface area contributed by atoms with Gasteiger partial charge in [0.1, 0.15) is 0 Å². The minimum atomic E-state index is -0.216. The van der Waals surface area contributed by atoms with Gasteiger partial charge in [0.15, 0.2) is 0 Å². The van der Waals surface area contributed by atoms with Gasteiger partial charge in [0.2, 0.25) is 5.91 Å². The van der Waals surface area contributed by atoms with Crippen molar-refractivity contribution in [3.8, 4) is 0 Å². The molecule has 0 bridgehead atoms. The summed E-state index contributed by atoms with van der Waals surface area (Å²) >= 11 is 3.49. The monoisotopic (exact) mass is 374 g/mol. The van der Waals surface area contributed by atoms with Crippen molar-refractivity contribution in [3.63, 3.8) is 0 Å². The highest BCUT2D eigenvalue weighted by molar-refractivity contribution is 9.10. The Bertz CT molecular complexity index is 505. The summed E-state index contributed by atoms with van der Waals surface area (Å²) in [4.78, 5) is 12.1. The Kier molecular flexibility index (Phi) is 6.70. The Morgan fingerprint density at radius 3 is 2.67 bits per heavy atom. The molecule has 1 aliphatic carbocycles. The summed E-state index contributed by atoms with van der Waals surface area (Å²) in [7, 11) is 0. The third-order valence-corrected chi connectivity index (χ3v) is 5.08. The van der Waals surface area contributed by atoms with Crippen molar-refractivity contribution in [2.24, 2.45) is 11.7 Å². The Hall–Kier alpha value is -0.580. The number of carbonyl (C=O) groups is 1. The first-order valence-corrected chi connectivity index (χ1v) is 8.00. The topological polar surface area (TPSA) is 55.1 Å². The molecule has 2 rings (SSSR count). The van der Waals surface area contributed by atoms with Crippen molar-refractivity contribution >= 4 is 34.2 Å². The Labute approximate surface area is 141 Å². The van der Waals surface area contributed by atoms with Crippen LogP contribution in [-0.2, 0) is 11.2 Å². The van der Waals surface area contributed by atoms with Crippen molar-refractivity contribution in [1.29, 1.82) is 0 Å². The van der Waals surface area contributed by atoms with E-state index in [2.05, 4.69) is 47.2 Å². The number of nitrogens with two attached hydrogens (primary N) is 1. The molecule has 1 atom stereocenters. The molecule has 3 nitrogen and oxygen atoms in total. The van der Waals surface area contributed by atoms with Crippen LogP contribution < -0.4 is 11.1 Å². The molecule has 1 aromatic rings. The normalized spacial score (nSPS) is 16.8. The fourth-order valence-electron chi connectivity index (χ4n) is 2.54. The van der Waals surface area contributed by atoms with Gasteiger partial charge in [-0.15, -0.1) is 12.4 Å². The largest absolute Gasteiger partial charge is 0.349 e. The number of hydrogen-bond donors (Lipinski definition) is 2. The lowest BCUT2D eigenvalue weighted by atomic mass is 9.95. The second-order valence-electron chi connectivity index (χ2n) is 6.03. The van der Waals surface area contributed by atoms with E-state index >= 15 is 0 Å². The van der Waals surface area contributed by atoms with Gasteiger partial charge in [-0.3, -0.25) is 4.79 Å². The van der Waals surface area contributed by atoms with E-state index in [0.29, 0.717) is 18.9 Å². The molecule has 0 radical (unpaired) electrons. The molecule has 1 unspecified atom stereocenters. The molecule has 0 aromatic heterocycles. The molecule has 3 N–H and O–H groups in total. The number of nitrogens with one attached hydrogen (secondary N) is 1. The van der Waals surface area contributed by atoms with Crippen molar-refractivity contribution in [1.82, 2.24) is 5.32 Å². The fraction of sp³-hybridized carbons (Fsp3) is 0.562. The van der Waals surface area contributed by atoms with Crippen molar-refractivity contribution in [2.45, 2.75) is 45.1 Å². The number of carbonyl (C=O) groups excluding carboxylic acids is 1. The van der Waals surface area contributed by atoms with Gasteiger partial charge < -0.3 is 11.1 Å². The molecule has 21 heavy (non-hydrogen) atoms. The number of hydrogen-bond acceptors (Lipinski definition) is 2. The number of aryl methyl sites for hydroxylation is 2. The number of amides is 1. The van der Waals surface area contributed by atoms with Crippen LogP contribution in [0, 0.1) is 12.8 Å². The van der Waals surface area contributed by atoms with Crippen LogP contribution in [0.4, 0.5) is 0 Å². The first-order chi connectivity index (χ1) is 9.44. The third kappa shape index (κ3) is 4.97. The Morgan fingerprint density at radius 1 is 1.48 bits per heavy atom. The second-order valence-corrected chi connectivity index (χ2v) is 6.88. The maximum atomic E-state index is 12.1. The van der Waals surface area contributed by atoms with E-state index in [9.17, 15) is 4.79 Å². The highest BCUT2D eigenvalue weighted by Crippen LogP contribution is 2.39. The maximum absolute atomic E-state index is 12.1. The third-order valence-electron chi connectivity index (χ3n) is 4.19. The van der Waals surface area contributed by atoms with Gasteiger partial charge in [-0.25, -0.2) is 0 Å². The van der Waals surface area contributed by atoms with Crippen molar-refractivity contribution < 1.29 is 4.79 Å². The number of halogens is 2. The molecule has 1 amide bonds. The van der Waals surface area contributed by atoms with Crippen LogP contribution in [0.5, 0.6) is 0 Å². The lowest BCUT2D eigenvalue weighted by Gasteiger charge is -2.29. The minimum absolute atomic E-state index is 0. The molecule has 0 heterocycles. The molecule has 0 saturated heterocycles. The molecule has 5 heteroatoms. The lowest BCUT2D eigenvalue weighted by Crippen LogP contribution is -2.53. The SMILES string of the molecule is Cc1cc(CCC(=O)NC(C)(CN)C2CC2)ccc1Br.Cl. The zero-order valence-corrected chi connectivity index (χ0v) is 15.0. The average molecular weight is 376 g/mol. The van der Waals surface area contributed by atoms with Gasteiger partial charge in [0, 0.05) is 17.4 Å². The summed E-state index contributed by atoms with van der Waals surface area (Å²) in [6.45, 7) is 4.64. The molecule has 118 valence electrons. The van der Waals surface area contributed by atoms with Crippen molar-refractivity contribution in [3.05, 3.63) is 33.8 Å². The molecule has 1 fully saturated rings. The average Bonchev–Trinajstić information content (AvgIpc) is 3.25. The Balaban J connectivity index is 0.00000220. The summed E-state index contributed by atoms with van der Waals surface area (Å²) in [6.07, 6.45) is 3.65. The van der Waals surface area contributed by atoms with Gasteiger partial charge in [-0.05, 0) is 56.2 Å². The van der Waals surface area contributed by atoms with Crippen LogP contribution in [0.25, 0.3) is 0 Å². The first kappa shape index (κ1) is 18.5. The molecular formula is C16H24BrClN2O. The van der Waals surface area contributed by atoms with E-state index in [1.54, 1.807) is 0 Å². The van der Waals surface area contributed by atoms with Gasteiger partial charge in [0.25, 0.3) is 0 Å². The summed E-state index contributed by atoms with van der Waals surface area (Å²) in [6, 6.07) is 6.23. The van der Waals surface area contributed by atoms with Crippen molar-refractivity contribution in [2.75, 3.05) is 6.54 Å². The minimum Gasteiger partial charge on any atom is -0.349 e. The van der Waals surface area contributed by atoms with E-state index in [1.165, 1.54) is 24.0 Å². The predicted octanol–water partition coefficient (Wildman–Crippen LogP) is 3.36. The molecule has 1 saturated carbocycles. The smallest absolute Gasteiger partial charge is 0.220 e. The van der Waals surface area contributed by atoms with Gasteiger partial charge in [-0.2, -0.15) is 0 Å². The zero-order chi connectivity index (χ0) is 14.8. The van der Waals surface area contributed by atoms with E-state index in [4.69, 9.17) is 5.73 Å². The van der Waals surface area contributed by atoms with Crippen LogP contribution in [0.3, 0.4) is 0 Å². The lowest BCUT2D eigenvalue weighted by molar-refractivity contribution is -0.123. The second kappa shape index (κ2) is 7.61. The van der Waals surface area contributed by atoms with Crippen LogP contribution in [0.1, 0.15) is 37.3 Å². The van der Waals surface area contributed by atoms with Gasteiger partial charge in [-0.1, -0.05) is 28.1 Å². The van der Waals surface area contributed by atoms with E-state index in [1.807, 2.05) is 6.07 Å². The van der Waals surface area contributed by atoms with Crippen LogP contribution in [0.2, 0.25) is 0 Å². The highest BCUT2D eigenvalue weighted by Gasteiger charge is 2.41. The van der Waals surface area contributed by atoms with E-state index in [-0.39, 0.29) is 23.9 Å². The van der Waals surface area contributed by atoms with E-state index in [0.717, 1.165) is 10.9 Å². The maximum Gasteiger partial charge on any atom is 0.220 e. The fourth-order valence-corrected chi connectivity index (χ4v) is 2.79. The Morgan fingerprint density at radius 2 is 2.14 bits per heavy atom. The molecule has 0 aliphatic heterocycles. The highest BCUT2D eigenvalue weighted by atomic mass is 79.9. The molecule has 1 aromatic carbocycles. The van der Waals surface area contributed by atoms with Gasteiger partial charge >= 0.3 is 0 Å². The summed E-state index contributed by atoms with van der Waals surface area (Å²) in [5.74, 6) is 0.664. The quantitative estimate of drug-likeness (QED) is 0.801. The standard InChI is InChI=1S/C16H23BrN2O.ClH/c1-11-9-12(3-7-14(11)17)4-8-15(20)19-16(2,10-18)13-5-6-13;/h3,7,9,13H,4-6,8,10,18H2,1-2H3,(H,19,20);1H. The molecular weight excluding hydrogens is 352 g/mol. The molecule has 0 spiro atoms. The van der Waals surface area contributed by atoms with Crippen LogP contribution in [0.15, 0.2) is 22.7 Å². The van der Waals surface area contributed by atoms with Gasteiger partial charge in [0.05, 0.1) is 5.54 Å². The summed E-state index contributed by atoms with van der Waals surface area (Å²) in [5.41, 5.74) is 8.00. The van der Waals surface area contributed by atoms with Crippen LogP contribution in [-0.4, -0.2) is 18.0 Å². The van der Waals surface area contributed by atoms with E-state index < -0.39 is 0 Å².